The maximum Gasteiger partial charge on any atom is 0.338 e. The van der Waals surface area contributed by atoms with Crippen molar-refractivity contribution in [1.82, 2.24) is 0 Å². The number of thiophene rings is 1. The molecule has 5 nitrogen and oxygen atoms in total. The fourth-order valence-corrected chi connectivity index (χ4v) is 2.91. The lowest BCUT2D eigenvalue weighted by Gasteiger charge is -2.11. The number of esters is 1. The third-order valence-corrected chi connectivity index (χ3v) is 4.50. The van der Waals surface area contributed by atoms with Gasteiger partial charge in [-0.25, -0.2) is 4.79 Å². The number of carbonyl (C=O) groups is 2. The second kappa shape index (κ2) is 7.42. The average Bonchev–Trinajstić information content (AvgIpc) is 3.07. The Balaban J connectivity index is 2.11. The van der Waals surface area contributed by atoms with Crippen LogP contribution in [0.2, 0.25) is 0 Å². The summed E-state index contributed by atoms with van der Waals surface area (Å²) in [5, 5.41) is 1.79. The number of ether oxygens (including phenoxy) is 3. The molecule has 7 heteroatoms. The van der Waals surface area contributed by atoms with E-state index in [-0.39, 0.29) is 18.0 Å². The summed E-state index contributed by atoms with van der Waals surface area (Å²) in [5.41, 5.74) is 0.246. The summed E-state index contributed by atoms with van der Waals surface area (Å²) in [6.07, 6.45) is 0. The van der Waals surface area contributed by atoms with Gasteiger partial charge in [0.05, 0.1) is 24.7 Å². The molecule has 0 N–H and O–H groups in total. The molecule has 0 aliphatic carbocycles. The van der Waals surface area contributed by atoms with Gasteiger partial charge in [-0.2, -0.15) is 0 Å². The van der Waals surface area contributed by atoms with Crippen LogP contribution in [-0.4, -0.2) is 32.6 Å². The molecule has 0 amide bonds. The summed E-state index contributed by atoms with van der Waals surface area (Å²) in [5.74, 6) is 0.0279. The number of ketones is 1. The second-order valence-electron chi connectivity index (χ2n) is 4.17. The lowest BCUT2D eigenvalue weighted by atomic mass is 10.2. The van der Waals surface area contributed by atoms with Crippen LogP contribution in [0.4, 0.5) is 0 Å². The summed E-state index contributed by atoms with van der Waals surface area (Å²) in [4.78, 5) is 24.4. The molecular weight excluding hydrogens is 372 g/mol. The Morgan fingerprint density at radius 1 is 1.18 bits per heavy atom. The van der Waals surface area contributed by atoms with Gasteiger partial charge in [0, 0.05) is 0 Å². The highest BCUT2D eigenvalue weighted by Gasteiger charge is 2.17. The molecular formula is C15H13BrO5S. The van der Waals surface area contributed by atoms with Crippen LogP contribution in [0.25, 0.3) is 0 Å². The van der Waals surface area contributed by atoms with Crippen LogP contribution in [0, 0.1) is 0 Å². The standard InChI is InChI=1S/C15H13BrO5S/c1-19-11-6-9(7-12(20-2)14(11)16)15(18)21-8-10(17)13-4-3-5-22-13/h3-7H,8H2,1-2H3. The van der Waals surface area contributed by atoms with E-state index in [1.54, 1.807) is 17.5 Å². The van der Waals surface area contributed by atoms with Crippen LogP contribution in [0.5, 0.6) is 11.5 Å². The molecule has 0 unspecified atom stereocenters. The van der Waals surface area contributed by atoms with E-state index in [1.165, 1.54) is 37.7 Å². The predicted octanol–water partition coefficient (Wildman–Crippen LogP) is 3.57. The summed E-state index contributed by atoms with van der Waals surface area (Å²) in [6, 6.07) is 6.49. The quantitative estimate of drug-likeness (QED) is 0.562. The summed E-state index contributed by atoms with van der Waals surface area (Å²) in [7, 11) is 2.96. The molecule has 1 aromatic heterocycles. The number of hydrogen-bond donors (Lipinski definition) is 0. The molecule has 0 bridgehead atoms. The summed E-state index contributed by atoms with van der Waals surface area (Å²) in [6.45, 7) is -0.306. The molecule has 1 aromatic carbocycles. The molecule has 0 radical (unpaired) electrons. The van der Waals surface area contributed by atoms with Crippen molar-refractivity contribution in [2.75, 3.05) is 20.8 Å². The zero-order valence-corrected chi connectivity index (χ0v) is 14.3. The van der Waals surface area contributed by atoms with Crippen LogP contribution in [0.3, 0.4) is 0 Å². The summed E-state index contributed by atoms with van der Waals surface area (Å²) >= 11 is 4.62. The van der Waals surface area contributed by atoms with Crippen LogP contribution in [0.1, 0.15) is 20.0 Å². The molecule has 1 heterocycles. The molecule has 0 fully saturated rings. The van der Waals surface area contributed by atoms with Crippen molar-refractivity contribution < 1.29 is 23.8 Å². The predicted molar refractivity (Wildman–Crippen MR) is 86.2 cm³/mol. The molecule has 116 valence electrons. The van der Waals surface area contributed by atoms with Crippen molar-refractivity contribution in [2.45, 2.75) is 0 Å². The molecule has 2 rings (SSSR count). The van der Waals surface area contributed by atoms with Gasteiger partial charge in [-0.3, -0.25) is 4.79 Å². The third-order valence-electron chi connectivity index (χ3n) is 2.81. The first kappa shape index (κ1) is 16.5. The Labute approximate surface area is 139 Å². The van der Waals surface area contributed by atoms with Crippen molar-refractivity contribution in [3.05, 3.63) is 44.6 Å². The van der Waals surface area contributed by atoms with Gasteiger partial charge >= 0.3 is 5.97 Å². The van der Waals surface area contributed by atoms with Crippen LogP contribution < -0.4 is 9.47 Å². The van der Waals surface area contributed by atoms with Gasteiger partial charge in [-0.1, -0.05) is 6.07 Å². The van der Waals surface area contributed by atoms with E-state index in [9.17, 15) is 9.59 Å². The minimum Gasteiger partial charge on any atom is -0.495 e. The first-order valence-electron chi connectivity index (χ1n) is 6.22. The van der Waals surface area contributed by atoms with E-state index in [4.69, 9.17) is 14.2 Å². The maximum atomic E-state index is 12.1. The maximum absolute atomic E-state index is 12.1. The van der Waals surface area contributed by atoms with Crippen LogP contribution in [0.15, 0.2) is 34.1 Å². The molecule has 0 saturated heterocycles. The Hall–Kier alpha value is -1.86. The normalized spacial score (nSPS) is 10.1. The number of Topliss-reactive ketones (excluding diaryl/α,β-unsaturated/α-hetero) is 1. The largest absolute Gasteiger partial charge is 0.495 e. The van der Waals surface area contributed by atoms with E-state index in [0.717, 1.165) is 0 Å². The Morgan fingerprint density at radius 2 is 1.82 bits per heavy atom. The molecule has 0 spiro atoms. The first-order chi connectivity index (χ1) is 10.6. The highest BCUT2D eigenvalue weighted by Crippen LogP contribution is 2.35. The second-order valence-corrected chi connectivity index (χ2v) is 5.91. The van der Waals surface area contributed by atoms with E-state index in [1.807, 2.05) is 0 Å². The fraction of sp³-hybridized carbons (Fsp3) is 0.200. The zero-order valence-electron chi connectivity index (χ0n) is 11.9. The van der Waals surface area contributed by atoms with Gasteiger partial charge in [-0.05, 0) is 39.5 Å². The van der Waals surface area contributed by atoms with Gasteiger partial charge in [0.15, 0.2) is 6.61 Å². The topological polar surface area (TPSA) is 61.8 Å². The van der Waals surface area contributed by atoms with Crippen LogP contribution in [-0.2, 0) is 4.74 Å². The van der Waals surface area contributed by atoms with Crippen molar-refractivity contribution in [3.8, 4) is 11.5 Å². The Kier molecular flexibility index (Phi) is 5.57. The highest BCUT2D eigenvalue weighted by atomic mass is 79.9. The SMILES string of the molecule is COc1cc(C(=O)OCC(=O)c2cccs2)cc(OC)c1Br. The number of carbonyl (C=O) groups excluding carboxylic acids is 2. The molecule has 0 saturated carbocycles. The zero-order chi connectivity index (χ0) is 16.1. The first-order valence-corrected chi connectivity index (χ1v) is 7.89. The molecule has 0 aliphatic rings. The number of rotatable bonds is 6. The molecule has 22 heavy (non-hydrogen) atoms. The average molecular weight is 385 g/mol. The Bertz CT molecular complexity index is 656. The van der Waals surface area contributed by atoms with E-state index in [0.29, 0.717) is 20.8 Å². The summed E-state index contributed by atoms with van der Waals surface area (Å²) < 4.78 is 16.0. The number of benzene rings is 1. The lowest BCUT2D eigenvalue weighted by Crippen LogP contribution is -2.13. The van der Waals surface area contributed by atoms with Crippen molar-refractivity contribution in [1.29, 1.82) is 0 Å². The van der Waals surface area contributed by atoms with Gasteiger partial charge < -0.3 is 14.2 Å². The van der Waals surface area contributed by atoms with Crippen LogP contribution >= 0.6 is 27.3 Å². The van der Waals surface area contributed by atoms with Gasteiger partial charge in [-0.15, -0.1) is 11.3 Å². The molecule has 0 atom stereocenters. The van der Waals surface area contributed by atoms with Gasteiger partial charge in [0.2, 0.25) is 5.78 Å². The van der Waals surface area contributed by atoms with E-state index >= 15 is 0 Å². The van der Waals surface area contributed by atoms with Crippen molar-refractivity contribution in [3.63, 3.8) is 0 Å². The van der Waals surface area contributed by atoms with Crippen molar-refractivity contribution in [2.24, 2.45) is 0 Å². The smallest absolute Gasteiger partial charge is 0.338 e. The minimum absolute atomic E-state index is 0.237. The lowest BCUT2D eigenvalue weighted by molar-refractivity contribution is 0.0475. The number of methoxy groups -OCH3 is 2. The highest BCUT2D eigenvalue weighted by molar-refractivity contribution is 9.10. The van der Waals surface area contributed by atoms with E-state index in [2.05, 4.69) is 15.9 Å². The minimum atomic E-state index is -0.617. The van der Waals surface area contributed by atoms with Crippen molar-refractivity contribution >= 4 is 39.0 Å². The monoisotopic (exact) mass is 384 g/mol. The van der Waals surface area contributed by atoms with E-state index < -0.39 is 5.97 Å². The Morgan fingerprint density at radius 3 is 2.32 bits per heavy atom. The van der Waals surface area contributed by atoms with Gasteiger partial charge in [0.25, 0.3) is 0 Å². The fourth-order valence-electron chi connectivity index (χ4n) is 1.71. The number of hydrogen-bond acceptors (Lipinski definition) is 6. The molecule has 2 aromatic rings. The number of halogens is 1. The molecule has 0 aliphatic heterocycles. The van der Waals surface area contributed by atoms with Gasteiger partial charge in [0.1, 0.15) is 16.0 Å². The third kappa shape index (κ3) is 3.66.